The van der Waals surface area contributed by atoms with E-state index in [9.17, 15) is 89.8 Å². The number of hydrogen-bond acceptors (Lipinski definition) is 21. The van der Waals surface area contributed by atoms with Gasteiger partial charge in [-0.2, -0.15) is 0 Å². The van der Waals surface area contributed by atoms with Crippen LogP contribution in [0.1, 0.15) is 184 Å². The number of aliphatic hydroxyl groups excluding tert-OH is 5. The average molecular weight is 1990 g/mol. The molecule has 7 amide bonds. The SMILES string of the molecule is CC(C)N1CCN(C(=O)C(N)c2ccccc2)CC1.CC(C)N1CCN(C(=O)C(O)c2c(F)cccc2F)CC1.CC(C)N1CCN(C(=O)C(O)c2cc(F)cc(F)c2)CC1.CC(C)N1CCN(C(=O)C(O)c2ccc(F)cc2F)CC1.CC(C)N1CCN(C(=O)C(O)c2ccccc2F)CC1.COC(C(=O)N1CCN(C(C)C)CC1)c1ccccc1.Cc1ccc(C(O)C(=O)N2CCN(C(C)C)CC2)cc1. The summed E-state index contributed by atoms with van der Waals surface area (Å²) in [6, 6.07) is 44.1. The molecule has 7 aliphatic heterocycles. The van der Waals surface area contributed by atoms with Crippen molar-refractivity contribution in [1.82, 2.24) is 68.6 Å². The Balaban J connectivity index is 0.000000203. The van der Waals surface area contributed by atoms with Crippen molar-refractivity contribution in [3.05, 3.63) is 249 Å². The topological polar surface area (TPSA) is 301 Å². The molecule has 0 saturated carbocycles. The van der Waals surface area contributed by atoms with Gasteiger partial charge in [-0.1, -0.05) is 121 Å². The lowest BCUT2D eigenvalue weighted by Crippen LogP contribution is -2.52. The Bertz CT molecular complexity index is 5000. The third-order valence-electron chi connectivity index (χ3n) is 27.0. The van der Waals surface area contributed by atoms with Crippen molar-refractivity contribution in [1.29, 1.82) is 0 Å². The van der Waals surface area contributed by atoms with Crippen molar-refractivity contribution in [3.63, 3.8) is 0 Å². The Morgan fingerprint density at radius 2 is 0.535 bits per heavy atom. The normalized spacial score (nSPS) is 18.3. The number of nitrogens with zero attached hydrogens (tertiary/aromatic N) is 14. The zero-order valence-corrected chi connectivity index (χ0v) is 85.5. The first-order valence-corrected chi connectivity index (χ1v) is 49.6. The highest BCUT2D eigenvalue weighted by molar-refractivity contribution is 5.86. The van der Waals surface area contributed by atoms with Crippen LogP contribution in [0.4, 0.5) is 30.7 Å². The van der Waals surface area contributed by atoms with E-state index in [1.54, 1.807) is 23.0 Å². The number of benzene rings is 7. The van der Waals surface area contributed by atoms with Crippen LogP contribution in [0.2, 0.25) is 0 Å². The van der Waals surface area contributed by atoms with Gasteiger partial charge in [0.05, 0.1) is 5.56 Å². The summed E-state index contributed by atoms with van der Waals surface area (Å²) in [6.45, 7) is 51.7. The van der Waals surface area contributed by atoms with Crippen molar-refractivity contribution < 1.29 is 94.6 Å². The van der Waals surface area contributed by atoms with Crippen LogP contribution in [0.5, 0.6) is 0 Å². The molecule has 7 heterocycles. The number of aliphatic hydroxyl groups is 5. The lowest BCUT2D eigenvalue weighted by atomic mass is 10.1. The molecule has 7 aliphatic rings. The Hall–Kier alpha value is -10.2. The number of carbonyl (C=O) groups excluding carboxylic acids is 7. The first-order valence-electron chi connectivity index (χ1n) is 49.6. The van der Waals surface area contributed by atoms with E-state index in [-0.39, 0.29) is 34.4 Å². The fourth-order valence-electron chi connectivity index (χ4n) is 17.6. The molecule has 7 fully saturated rings. The van der Waals surface area contributed by atoms with Crippen molar-refractivity contribution in [2.45, 2.75) is 189 Å². The summed E-state index contributed by atoms with van der Waals surface area (Å²) < 4.78 is 99.0. The number of aryl methyl sites for hydroxylation is 1. The standard InChI is InChI=1S/2C16H24N2O2.3C15H20F2N2O2.C15H21FN2O2.C15H23N3O/c1-12(2)17-8-10-18(11-9-17)16(20)15(19)14-6-4-13(3)5-7-14;1-13(2)17-9-11-18(12-10-17)16(19)15(20-3)14-7-5-4-6-8-14;1-10(2)18-3-5-19(6-4-18)15(21)14(20)11-7-12(16)9-13(17)8-11;1-10(2)18-5-7-19(8-6-18)15(21)14(20)12-4-3-11(16)9-13(12)17;1-10(2)18-6-8-19(9-7-18)15(21)14(20)13-11(16)4-3-5-12(13)17;1-11(2)17-7-9-18(10-8-17)15(20)14(19)12-5-3-4-6-13(12)16;1-12(2)17-8-10-18(11-9-17)15(19)14(16)13-6-4-3-5-7-13/h4-7,12,15,19H,8-11H2,1-3H3;4-8,13,15H,9-12H2,1-3H3;7-10,14,20H,3-6H2,1-2H3;3-4,9-10,14,20H,5-8H2,1-2H3;3-5,10,14,20H,6-9H2,1-2H3;3-6,11,14,19H,7-10H2,1-2H3;3-7,12,14H,8-11,16H2,1-2H3. The maximum atomic E-state index is 13.6. The molecular weight excluding hydrogens is 1840 g/mol. The quantitative estimate of drug-likeness (QED) is 0.0344. The smallest absolute Gasteiger partial charge is 0.256 e. The minimum absolute atomic E-state index is 0.0367. The number of carbonyl (C=O) groups is 7. The fourth-order valence-corrected chi connectivity index (χ4v) is 17.6. The van der Waals surface area contributed by atoms with E-state index in [4.69, 9.17) is 10.5 Å². The number of piperazine rings is 7. The Morgan fingerprint density at radius 3 is 0.852 bits per heavy atom. The molecule has 7 saturated heterocycles. The highest BCUT2D eigenvalue weighted by Crippen LogP contribution is 2.30. The lowest BCUT2D eigenvalue weighted by Gasteiger charge is -2.38. The van der Waals surface area contributed by atoms with Crippen LogP contribution in [0.25, 0.3) is 0 Å². The molecule has 0 aliphatic carbocycles. The summed E-state index contributed by atoms with van der Waals surface area (Å²) >= 11 is 0. The molecule has 0 bridgehead atoms. The van der Waals surface area contributed by atoms with Gasteiger partial charge in [0, 0.05) is 256 Å². The van der Waals surface area contributed by atoms with Crippen molar-refractivity contribution in [2.24, 2.45) is 5.73 Å². The summed E-state index contributed by atoms with van der Waals surface area (Å²) in [5, 5.41) is 50.3. The second-order valence-electron chi connectivity index (χ2n) is 38.5. The van der Waals surface area contributed by atoms with Gasteiger partial charge in [-0.15, -0.1) is 0 Å². The van der Waals surface area contributed by atoms with Gasteiger partial charge in [0.1, 0.15) is 46.8 Å². The first-order chi connectivity index (χ1) is 67.4. The molecule has 7 aromatic carbocycles. The Morgan fingerprint density at radius 1 is 0.261 bits per heavy atom. The van der Waals surface area contributed by atoms with Crippen LogP contribution >= 0.6 is 0 Å². The predicted octanol–water partition coefficient (Wildman–Crippen LogP) is 10.8. The Kier molecular flexibility index (Phi) is 47.4. The molecule has 0 spiro atoms. The molecule has 142 heavy (non-hydrogen) atoms. The maximum absolute atomic E-state index is 13.6. The summed E-state index contributed by atoms with van der Waals surface area (Å²) in [7, 11) is 1.60. The number of amides is 7. The molecule has 782 valence electrons. The van der Waals surface area contributed by atoms with E-state index >= 15 is 0 Å². The minimum Gasteiger partial charge on any atom is -0.378 e. The molecule has 0 radical (unpaired) electrons. The first kappa shape index (κ1) is 117. The van der Waals surface area contributed by atoms with Gasteiger partial charge in [0.2, 0.25) is 5.91 Å². The van der Waals surface area contributed by atoms with Gasteiger partial charge >= 0.3 is 0 Å². The number of halogens is 7. The largest absolute Gasteiger partial charge is 0.378 e. The lowest BCUT2D eigenvalue weighted by molar-refractivity contribution is -0.144. The fraction of sp³-hybridized carbons (Fsp3) is 0.542. The van der Waals surface area contributed by atoms with Crippen LogP contribution in [0.3, 0.4) is 0 Å². The van der Waals surface area contributed by atoms with E-state index in [0.29, 0.717) is 139 Å². The number of rotatable bonds is 22. The van der Waals surface area contributed by atoms with Gasteiger partial charge in [0.25, 0.3) is 35.4 Å². The summed E-state index contributed by atoms with van der Waals surface area (Å²) in [4.78, 5) is 114. The molecule has 28 nitrogen and oxygen atoms in total. The van der Waals surface area contributed by atoms with Gasteiger partial charge < -0.3 is 70.3 Å². The monoisotopic (exact) mass is 1990 g/mol. The Labute approximate surface area is 834 Å². The number of hydrogen-bond donors (Lipinski definition) is 6. The van der Waals surface area contributed by atoms with E-state index in [0.717, 1.165) is 158 Å². The summed E-state index contributed by atoms with van der Waals surface area (Å²) in [6.07, 6.45) is -7.85. The second-order valence-corrected chi connectivity index (χ2v) is 38.5. The summed E-state index contributed by atoms with van der Waals surface area (Å²) in [5.74, 6) is -7.80. The third-order valence-corrected chi connectivity index (χ3v) is 27.0. The van der Waals surface area contributed by atoms with Gasteiger partial charge in [-0.25, -0.2) is 30.7 Å². The molecule has 0 aromatic heterocycles. The average Bonchev–Trinajstić information content (AvgIpc) is 0.811. The predicted molar refractivity (Wildman–Crippen MR) is 534 cm³/mol. The third kappa shape index (κ3) is 34.5. The van der Waals surface area contributed by atoms with Crippen LogP contribution in [0.15, 0.2) is 164 Å². The molecule has 7 unspecified atom stereocenters. The van der Waals surface area contributed by atoms with Crippen molar-refractivity contribution in [3.8, 4) is 0 Å². The zero-order chi connectivity index (χ0) is 104. The van der Waals surface area contributed by atoms with E-state index in [1.807, 2.05) is 102 Å². The molecule has 7 aromatic rings. The number of ether oxygens (including phenoxy) is 1. The molecule has 7 N–H and O–H groups in total. The zero-order valence-electron chi connectivity index (χ0n) is 85.5. The highest BCUT2D eigenvalue weighted by atomic mass is 19.2. The molecule has 14 rings (SSSR count). The number of nitrogens with two attached hydrogens (primary N) is 1. The van der Waals surface area contributed by atoms with E-state index in [1.165, 1.54) is 39.0 Å². The van der Waals surface area contributed by atoms with Crippen LogP contribution in [-0.4, -0.2) is 368 Å². The minimum atomic E-state index is -1.79. The second kappa shape index (κ2) is 57.5. The molecule has 35 heteroatoms. The number of methoxy groups -OCH3 is 1. The van der Waals surface area contributed by atoms with Gasteiger partial charge in [-0.05, 0) is 163 Å². The highest BCUT2D eigenvalue weighted by Gasteiger charge is 2.38. The van der Waals surface area contributed by atoms with Gasteiger partial charge in [-0.3, -0.25) is 67.9 Å². The maximum Gasteiger partial charge on any atom is 0.256 e. The van der Waals surface area contributed by atoms with E-state index < -0.39 is 113 Å². The van der Waals surface area contributed by atoms with Crippen LogP contribution < -0.4 is 5.73 Å². The summed E-state index contributed by atoms with van der Waals surface area (Å²) in [5.41, 5.74) is 8.90. The van der Waals surface area contributed by atoms with Crippen LogP contribution in [0, 0.1) is 47.6 Å². The van der Waals surface area contributed by atoms with Gasteiger partial charge in [0.15, 0.2) is 36.6 Å². The van der Waals surface area contributed by atoms with Crippen molar-refractivity contribution in [2.75, 3.05) is 190 Å². The van der Waals surface area contributed by atoms with Crippen molar-refractivity contribution >= 4 is 41.4 Å². The van der Waals surface area contributed by atoms with Crippen LogP contribution in [-0.2, 0) is 38.3 Å². The van der Waals surface area contributed by atoms with E-state index in [2.05, 4.69) is 131 Å². The molecular formula is C107H152F7N15O13. The molecule has 7 atom stereocenters.